The van der Waals surface area contributed by atoms with Gasteiger partial charge in [0.15, 0.2) is 0 Å². The van der Waals surface area contributed by atoms with Gasteiger partial charge in [0.1, 0.15) is 5.69 Å². The van der Waals surface area contributed by atoms with E-state index in [1.807, 2.05) is 6.07 Å². The van der Waals surface area contributed by atoms with Gasteiger partial charge in [0.2, 0.25) is 0 Å². The number of carbonyl (C=O) groups is 1. The summed E-state index contributed by atoms with van der Waals surface area (Å²) >= 11 is 0. The molecular weight excluding hydrogens is 166 g/mol. The number of pyridine rings is 1. The molecular formula is C9H11N3O. The molecule has 13 heavy (non-hydrogen) atoms. The highest BCUT2D eigenvalue weighted by Crippen LogP contribution is 2.15. The fourth-order valence-electron chi connectivity index (χ4n) is 1.63. The van der Waals surface area contributed by atoms with Gasteiger partial charge in [-0.1, -0.05) is 0 Å². The van der Waals surface area contributed by atoms with Gasteiger partial charge in [0, 0.05) is 12.7 Å². The predicted molar refractivity (Wildman–Crippen MR) is 48.2 cm³/mol. The Bertz CT molecular complexity index is 349. The summed E-state index contributed by atoms with van der Waals surface area (Å²) in [5, 5.41) is 3.23. The van der Waals surface area contributed by atoms with E-state index in [0.717, 1.165) is 30.6 Å². The van der Waals surface area contributed by atoms with E-state index in [4.69, 9.17) is 5.73 Å². The molecule has 1 aliphatic rings. The summed E-state index contributed by atoms with van der Waals surface area (Å²) in [6, 6.07) is 1.92. The lowest BCUT2D eigenvalue weighted by atomic mass is 10.00. The second-order valence-corrected chi connectivity index (χ2v) is 3.09. The van der Waals surface area contributed by atoms with Gasteiger partial charge in [-0.15, -0.1) is 0 Å². The Kier molecular flexibility index (Phi) is 1.98. The zero-order chi connectivity index (χ0) is 9.26. The third-order valence-electron chi connectivity index (χ3n) is 2.25. The molecule has 1 aromatic rings. The highest BCUT2D eigenvalue weighted by molar-refractivity contribution is 5.92. The van der Waals surface area contributed by atoms with Gasteiger partial charge in [-0.05, 0) is 30.2 Å². The molecule has 0 spiro atoms. The maximum Gasteiger partial charge on any atom is 0.267 e. The highest BCUT2D eigenvalue weighted by atomic mass is 16.1. The number of amides is 1. The molecule has 4 nitrogen and oxygen atoms in total. The molecule has 1 aliphatic heterocycles. The molecule has 0 aromatic carbocycles. The minimum absolute atomic E-state index is 0.430. The molecule has 2 heterocycles. The molecule has 0 unspecified atom stereocenters. The van der Waals surface area contributed by atoms with Gasteiger partial charge < -0.3 is 11.1 Å². The molecule has 0 aliphatic carbocycles. The Morgan fingerprint density at radius 3 is 3.23 bits per heavy atom. The van der Waals surface area contributed by atoms with Crippen LogP contribution in [0.3, 0.4) is 0 Å². The zero-order valence-corrected chi connectivity index (χ0v) is 7.21. The number of carbonyl (C=O) groups excluding carboxylic acids is 1. The van der Waals surface area contributed by atoms with E-state index in [0.29, 0.717) is 5.69 Å². The number of hydrogen-bond donors (Lipinski definition) is 2. The predicted octanol–water partition coefficient (Wildman–Crippen LogP) is -0.174. The van der Waals surface area contributed by atoms with Crippen molar-refractivity contribution in [1.82, 2.24) is 10.3 Å². The minimum Gasteiger partial charge on any atom is -0.364 e. The van der Waals surface area contributed by atoms with Gasteiger partial charge in [-0.2, -0.15) is 0 Å². The normalized spacial score (nSPS) is 15.1. The quantitative estimate of drug-likeness (QED) is 0.625. The fraction of sp³-hybridized carbons (Fsp3) is 0.333. The molecule has 0 saturated carbocycles. The third kappa shape index (κ3) is 1.40. The van der Waals surface area contributed by atoms with Gasteiger partial charge in [0.25, 0.3) is 5.91 Å². The molecule has 0 saturated heterocycles. The summed E-state index contributed by atoms with van der Waals surface area (Å²) in [6.45, 7) is 1.69. The Labute approximate surface area is 76.2 Å². The standard InChI is InChI=1S/C9H11N3O/c10-9(13)8-7-2-3-11-5-6(7)1-4-12-8/h1,4,11H,2-3,5H2,(H2,10,13). The molecule has 68 valence electrons. The van der Waals surface area contributed by atoms with Crippen molar-refractivity contribution in [2.45, 2.75) is 13.0 Å². The summed E-state index contributed by atoms with van der Waals surface area (Å²) in [4.78, 5) is 15.0. The van der Waals surface area contributed by atoms with Crippen molar-refractivity contribution in [3.63, 3.8) is 0 Å². The monoisotopic (exact) mass is 177 g/mol. The van der Waals surface area contributed by atoms with E-state index in [-0.39, 0.29) is 0 Å². The number of hydrogen-bond acceptors (Lipinski definition) is 3. The first-order valence-corrected chi connectivity index (χ1v) is 4.26. The van der Waals surface area contributed by atoms with Gasteiger partial charge >= 0.3 is 0 Å². The van der Waals surface area contributed by atoms with Crippen molar-refractivity contribution in [3.05, 3.63) is 29.1 Å². The SMILES string of the molecule is NC(=O)c1nccc2c1CCNC2. The zero-order valence-electron chi connectivity index (χ0n) is 7.21. The maximum absolute atomic E-state index is 11.0. The Morgan fingerprint density at radius 1 is 1.62 bits per heavy atom. The molecule has 0 fully saturated rings. The van der Waals surface area contributed by atoms with Crippen LogP contribution in [0.2, 0.25) is 0 Å². The van der Waals surface area contributed by atoms with Crippen molar-refractivity contribution in [1.29, 1.82) is 0 Å². The van der Waals surface area contributed by atoms with Gasteiger partial charge in [-0.3, -0.25) is 9.78 Å². The average molecular weight is 177 g/mol. The van der Waals surface area contributed by atoms with E-state index < -0.39 is 5.91 Å². The minimum atomic E-state index is -0.432. The second kappa shape index (κ2) is 3.14. The Hall–Kier alpha value is -1.42. The largest absolute Gasteiger partial charge is 0.364 e. The molecule has 0 bridgehead atoms. The van der Waals surface area contributed by atoms with Crippen LogP contribution >= 0.6 is 0 Å². The van der Waals surface area contributed by atoms with Crippen LogP contribution in [0.1, 0.15) is 21.6 Å². The summed E-state index contributed by atoms with van der Waals surface area (Å²) in [5.41, 5.74) is 7.79. The van der Waals surface area contributed by atoms with Crippen molar-refractivity contribution in [2.24, 2.45) is 5.73 Å². The van der Waals surface area contributed by atoms with Crippen molar-refractivity contribution in [2.75, 3.05) is 6.54 Å². The van der Waals surface area contributed by atoms with E-state index >= 15 is 0 Å². The first-order chi connectivity index (χ1) is 6.29. The molecule has 1 aromatic heterocycles. The topological polar surface area (TPSA) is 68.0 Å². The highest BCUT2D eigenvalue weighted by Gasteiger charge is 2.16. The van der Waals surface area contributed by atoms with Gasteiger partial charge in [-0.25, -0.2) is 0 Å². The summed E-state index contributed by atoms with van der Waals surface area (Å²) in [5.74, 6) is -0.432. The van der Waals surface area contributed by atoms with Crippen LogP contribution in [0.15, 0.2) is 12.3 Å². The number of fused-ring (bicyclic) bond motifs is 1. The molecule has 4 heteroatoms. The fourth-order valence-corrected chi connectivity index (χ4v) is 1.63. The summed E-state index contributed by atoms with van der Waals surface area (Å²) in [7, 11) is 0. The van der Waals surface area contributed by atoms with Crippen LogP contribution < -0.4 is 11.1 Å². The first kappa shape index (κ1) is 8.19. The van der Waals surface area contributed by atoms with Gasteiger partial charge in [0.05, 0.1) is 0 Å². The number of rotatable bonds is 1. The van der Waals surface area contributed by atoms with Crippen LogP contribution in [-0.2, 0) is 13.0 Å². The number of nitrogens with zero attached hydrogens (tertiary/aromatic N) is 1. The molecule has 1 amide bonds. The molecule has 3 N–H and O–H groups in total. The number of nitrogens with one attached hydrogen (secondary N) is 1. The summed E-state index contributed by atoms with van der Waals surface area (Å²) in [6.07, 6.45) is 2.47. The van der Waals surface area contributed by atoms with E-state index in [1.54, 1.807) is 6.20 Å². The number of primary amides is 1. The number of aromatic nitrogens is 1. The van der Waals surface area contributed by atoms with Crippen LogP contribution in [0.25, 0.3) is 0 Å². The second-order valence-electron chi connectivity index (χ2n) is 3.09. The van der Waals surface area contributed by atoms with E-state index in [1.165, 1.54) is 0 Å². The van der Waals surface area contributed by atoms with Crippen LogP contribution in [0, 0.1) is 0 Å². The van der Waals surface area contributed by atoms with E-state index in [2.05, 4.69) is 10.3 Å². The van der Waals surface area contributed by atoms with Crippen molar-refractivity contribution < 1.29 is 4.79 Å². The maximum atomic E-state index is 11.0. The lowest BCUT2D eigenvalue weighted by Gasteiger charge is -2.17. The van der Waals surface area contributed by atoms with Crippen LogP contribution in [0.4, 0.5) is 0 Å². The molecule has 0 radical (unpaired) electrons. The third-order valence-corrected chi connectivity index (χ3v) is 2.25. The Morgan fingerprint density at radius 2 is 2.46 bits per heavy atom. The lowest BCUT2D eigenvalue weighted by molar-refractivity contribution is 0.0994. The Balaban J connectivity index is 2.52. The van der Waals surface area contributed by atoms with Crippen LogP contribution in [0.5, 0.6) is 0 Å². The molecule has 0 atom stereocenters. The van der Waals surface area contributed by atoms with E-state index in [9.17, 15) is 4.79 Å². The average Bonchev–Trinajstić information content (AvgIpc) is 2.17. The number of nitrogens with two attached hydrogens (primary N) is 1. The first-order valence-electron chi connectivity index (χ1n) is 4.26. The van der Waals surface area contributed by atoms with Crippen molar-refractivity contribution >= 4 is 5.91 Å². The van der Waals surface area contributed by atoms with Crippen molar-refractivity contribution in [3.8, 4) is 0 Å². The molecule has 2 rings (SSSR count). The lowest BCUT2D eigenvalue weighted by Crippen LogP contribution is -2.27. The van der Waals surface area contributed by atoms with Crippen LogP contribution in [-0.4, -0.2) is 17.4 Å². The smallest absolute Gasteiger partial charge is 0.267 e. The summed E-state index contributed by atoms with van der Waals surface area (Å²) < 4.78 is 0.